The molecule has 23 heavy (non-hydrogen) atoms. The molecule has 0 amide bonds. The van der Waals surface area contributed by atoms with Crippen LogP contribution in [0.5, 0.6) is 0 Å². The molecule has 0 aliphatic carbocycles. The van der Waals surface area contributed by atoms with Crippen LogP contribution in [0, 0.1) is 13.8 Å². The lowest BCUT2D eigenvalue weighted by molar-refractivity contribution is 0.0748. The maximum absolute atomic E-state index is 5.42. The molecule has 0 saturated carbocycles. The third kappa shape index (κ3) is 9.21. The van der Waals surface area contributed by atoms with Gasteiger partial charge in [0, 0.05) is 20.2 Å². The minimum Gasteiger partial charge on any atom is -0.382 e. The molecule has 0 aliphatic heterocycles. The summed E-state index contributed by atoms with van der Waals surface area (Å²) >= 11 is 0. The van der Waals surface area contributed by atoms with E-state index in [4.69, 9.17) is 9.47 Å². The number of methoxy groups -OCH3 is 1. The SMILES string of the molecule is CCNC(=NCCOCCOC)NCCc1cc(C)cc(C)c1. The summed E-state index contributed by atoms with van der Waals surface area (Å²) < 4.78 is 10.3. The van der Waals surface area contributed by atoms with Crippen molar-refractivity contribution in [2.24, 2.45) is 4.99 Å². The smallest absolute Gasteiger partial charge is 0.191 e. The Morgan fingerprint density at radius 3 is 2.43 bits per heavy atom. The highest BCUT2D eigenvalue weighted by molar-refractivity contribution is 5.79. The summed E-state index contributed by atoms with van der Waals surface area (Å²) in [6.45, 7) is 10.5. The number of benzene rings is 1. The molecule has 0 heterocycles. The lowest BCUT2D eigenvalue weighted by Crippen LogP contribution is -2.38. The molecule has 5 heteroatoms. The third-order valence-electron chi connectivity index (χ3n) is 3.27. The summed E-state index contributed by atoms with van der Waals surface area (Å²) in [7, 11) is 1.67. The quantitative estimate of drug-likeness (QED) is 0.393. The first-order chi connectivity index (χ1) is 11.2. The predicted molar refractivity (Wildman–Crippen MR) is 96.3 cm³/mol. The van der Waals surface area contributed by atoms with Crippen LogP contribution in [0.15, 0.2) is 23.2 Å². The Morgan fingerprint density at radius 2 is 1.78 bits per heavy atom. The maximum atomic E-state index is 5.42. The van der Waals surface area contributed by atoms with Crippen LogP contribution in [0.3, 0.4) is 0 Å². The Morgan fingerprint density at radius 1 is 1.04 bits per heavy atom. The lowest BCUT2D eigenvalue weighted by Gasteiger charge is -2.12. The second kappa shape index (κ2) is 11.9. The van der Waals surface area contributed by atoms with Gasteiger partial charge in [0.25, 0.3) is 0 Å². The molecule has 0 aromatic heterocycles. The van der Waals surface area contributed by atoms with Crippen molar-refractivity contribution in [3.63, 3.8) is 0 Å². The standard InChI is InChI=1S/C18H31N3O2/c1-5-19-18(21-8-9-23-11-10-22-4)20-7-6-17-13-15(2)12-16(3)14-17/h12-14H,5-11H2,1-4H3,(H2,19,20,21). The van der Waals surface area contributed by atoms with Crippen molar-refractivity contribution >= 4 is 5.96 Å². The molecule has 0 saturated heterocycles. The van der Waals surface area contributed by atoms with Crippen molar-refractivity contribution in [2.75, 3.05) is 46.6 Å². The number of rotatable bonds is 10. The largest absolute Gasteiger partial charge is 0.382 e. The normalized spacial score (nSPS) is 11.6. The van der Waals surface area contributed by atoms with E-state index in [1.807, 2.05) is 0 Å². The molecule has 130 valence electrons. The molecule has 0 aliphatic rings. The first-order valence-electron chi connectivity index (χ1n) is 8.31. The molecule has 0 radical (unpaired) electrons. The fourth-order valence-corrected chi connectivity index (χ4v) is 2.35. The van der Waals surface area contributed by atoms with Crippen molar-refractivity contribution in [1.29, 1.82) is 0 Å². The van der Waals surface area contributed by atoms with Gasteiger partial charge in [0.05, 0.1) is 26.4 Å². The van der Waals surface area contributed by atoms with Gasteiger partial charge in [-0.1, -0.05) is 29.3 Å². The summed E-state index contributed by atoms with van der Waals surface area (Å²) in [6.07, 6.45) is 0.983. The summed E-state index contributed by atoms with van der Waals surface area (Å²) in [5.41, 5.74) is 3.98. The second-order valence-corrected chi connectivity index (χ2v) is 5.54. The fraction of sp³-hybridized carbons (Fsp3) is 0.611. The maximum Gasteiger partial charge on any atom is 0.191 e. The van der Waals surface area contributed by atoms with Crippen LogP contribution in [0.2, 0.25) is 0 Å². The Labute approximate surface area is 140 Å². The number of hydrogen-bond donors (Lipinski definition) is 2. The van der Waals surface area contributed by atoms with Crippen molar-refractivity contribution in [2.45, 2.75) is 27.2 Å². The number of aliphatic imine (C=N–C) groups is 1. The van der Waals surface area contributed by atoms with E-state index in [1.54, 1.807) is 7.11 Å². The topological polar surface area (TPSA) is 54.9 Å². The average molecular weight is 321 g/mol. The number of hydrogen-bond acceptors (Lipinski definition) is 3. The lowest BCUT2D eigenvalue weighted by atomic mass is 10.1. The third-order valence-corrected chi connectivity index (χ3v) is 3.27. The van der Waals surface area contributed by atoms with Gasteiger partial charge in [-0.25, -0.2) is 0 Å². The average Bonchev–Trinajstić information content (AvgIpc) is 2.49. The molecule has 1 rings (SSSR count). The first kappa shape index (κ1) is 19.5. The van der Waals surface area contributed by atoms with Crippen LogP contribution in [0.25, 0.3) is 0 Å². The van der Waals surface area contributed by atoms with Crippen molar-refractivity contribution in [3.05, 3.63) is 34.9 Å². The van der Waals surface area contributed by atoms with Crippen LogP contribution in [-0.4, -0.2) is 52.5 Å². The van der Waals surface area contributed by atoms with Crippen LogP contribution in [-0.2, 0) is 15.9 Å². The second-order valence-electron chi connectivity index (χ2n) is 5.54. The molecular formula is C18H31N3O2. The Bertz CT molecular complexity index is 455. The van der Waals surface area contributed by atoms with Crippen LogP contribution in [0.4, 0.5) is 0 Å². The highest BCUT2D eigenvalue weighted by Gasteiger charge is 1.99. The molecule has 1 aromatic rings. The molecule has 0 unspecified atom stereocenters. The molecule has 5 nitrogen and oxygen atoms in total. The van der Waals surface area contributed by atoms with Gasteiger partial charge in [-0.05, 0) is 32.8 Å². The summed E-state index contributed by atoms with van der Waals surface area (Å²) in [5.74, 6) is 0.840. The molecule has 0 spiro atoms. The zero-order valence-corrected chi connectivity index (χ0v) is 14.9. The van der Waals surface area contributed by atoms with E-state index in [9.17, 15) is 0 Å². The molecule has 1 aromatic carbocycles. The van der Waals surface area contributed by atoms with Crippen LogP contribution >= 0.6 is 0 Å². The highest BCUT2D eigenvalue weighted by atomic mass is 16.5. The van der Waals surface area contributed by atoms with Crippen molar-refractivity contribution < 1.29 is 9.47 Å². The summed E-state index contributed by atoms with van der Waals surface area (Å²) in [5, 5.41) is 6.62. The van der Waals surface area contributed by atoms with Gasteiger partial charge in [-0.2, -0.15) is 0 Å². The molecule has 0 bridgehead atoms. The zero-order chi connectivity index (χ0) is 16.9. The minimum absolute atomic E-state index is 0.608. The number of aryl methyl sites for hydroxylation is 2. The minimum atomic E-state index is 0.608. The van der Waals surface area contributed by atoms with Gasteiger partial charge < -0.3 is 20.1 Å². The number of ether oxygens (including phenoxy) is 2. The van der Waals surface area contributed by atoms with Gasteiger partial charge in [0.2, 0.25) is 0 Å². The molecule has 0 fully saturated rings. The summed E-state index contributed by atoms with van der Waals surface area (Å²) in [4.78, 5) is 4.51. The predicted octanol–water partition coefficient (Wildman–Crippen LogP) is 2.06. The zero-order valence-electron chi connectivity index (χ0n) is 14.9. The molecule has 2 N–H and O–H groups in total. The number of nitrogens with one attached hydrogen (secondary N) is 2. The Balaban J connectivity index is 2.34. The van der Waals surface area contributed by atoms with Crippen molar-refractivity contribution in [1.82, 2.24) is 10.6 Å². The van der Waals surface area contributed by atoms with E-state index in [0.29, 0.717) is 26.4 Å². The van der Waals surface area contributed by atoms with Crippen LogP contribution in [0.1, 0.15) is 23.6 Å². The highest BCUT2D eigenvalue weighted by Crippen LogP contribution is 2.08. The van der Waals surface area contributed by atoms with Gasteiger partial charge >= 0.3 is 0 Å². The summed E-state index contributed by atoms with van der Waals surface area (Å²) in [6, 6.07) is 6.68. The van der Waals surface area contributed by atoms with E-state index in [2.05, 4.69) is 54.6 Å². The Kier molecular flexibility index (Phi) is 10.1. The van der Waals surface area contributed by atoms with Gasteiger partial charge in [-0.3, -0.25) is 4.99 Å². The van der Waals surface area contributed by atoms with Gasteiger partial charge in [0.15, 0.2) is 5.96 Å². The monoisotopic (exact) mass is 321 g/mol. The number of guanidine groups is 1. The van der Waals surface area contributed by atoms with Gasteiger partial charge in [-0.15, -0.1) is 0 Å². The number of nitrogens with zero attached hydrogens (tertiary/aromatic N) is 1. The fourth-order valence-electron chi connectivity index (χ4n) is 2.35. The van der Waals surface area contributed by atoms with E-state index in [1.165, 1.54) is 16.7 Å². The first-order valence-corrected chi connectivity index (χ1v) is 8.31. The van der Waals surface area contributed by atoms with Crippen molar-refractivity contribution in [3.8, 4) is 0 Å². The van der Waals surface area contributed by atoms with E-state index in [-0.39, 0.29) is 0 Å². The van der Waals surface area contributed by atoms with Crippen LogP contribution < -0.4 is 10.6 Å². The van der Waals surface area contributed by atoms with Gasteiger partial charge in [0.1, 0.15) is 0 Å². The molecule has 0 atom stereocenters. The van der Waals surface area contributed by atoms with E-state index in [0.717, 1.165) is 25.5 Å². The van der Waals surface area contributed by atoms with E-state index < -0.39 is 0 Å². The molecular weight excluding hydrogens is 290 g/mol. The van der Waals surface area contributed by atoms with E-state index >= 15 is 0 Å². The Hall–Kier alpha value is -1.59.